The molecule has 0 spiro atoms. The van der Waals surface area contributed by atoms with Crippen molar-refractivity contribution >= 4 is 9.84 Å². The van der Waals surface area contributed by atoms with Crippen molar-refractivity contribution in [2.75, 3.05) is 12.4 Å². The van der Waals surface area contributed by atoms with Gasteiger partial charge in [-0.15, -0.1) is 0 Å². The van der Waals surface area contributed by atoms with Gasteiger partial charge in [0.25, 0.3) is 0 Å². The topological polar surface area (TPSA) is 43.4 Å². The van der Waals surface area contributed by atoms with Crippen LogP contribution in [0.5, 0.6) is 0 Å². The van der Waals surface area contributed by atoms with E-state index >= 15 is 0 Å². The third-order valence-corrected chi connectivity index (χ3v) is 4.36. The lowest BCUT2D eigenvalue weighted by molar-refractivity contribution is 0.263. The average molecular weight is 252 g/mol. The standard InChI is InChI=1S/C13H16O3S/c1-11-4-6-13(7-5-11)17(14,15)10-8-12-3-2-9-16-12/h4-8H,2-3,9-10H2,1H3/b12-8-. The Kier molecular flexibility index (Phi) is 3.52. The van der Waals surface area contributed by atoms with E-state index in [2.05, 4.69) is 0 Å². The monoisotopic (exact) mass is 252 g/mol. The van der Waals surface area contributed by atoms with Gasteiger partial charge in [-0.3, -0.25) is 0 Å². The normalized spacial score (nSPS) is 18.3. The van der Waals surface area contributed by atoms with E-state index in [9.17, 15) is 8.42 Å². The summed E-state index contributed by atoms with van der Waals surface area (Å²) < 4.78 is 29.3. The molecule has 2 rings (SSSR count). The minimum absolute atomic E-state index is 0.0192. The first-order valence-corrected chi connectivity index (χ1v) is 7.34. The minimum atomic E-state index is -3.22. The SMILES string of the molecule is Cc1ccc(S(=O)(=O)C/C=C2/CCCO2)cc1. The van der Waals surface area contributed by atoms with Crippen LogP contribution in [-0.4, -0.2) is 20.8 Å². The number of rotatable bonds is 3. The Bertz CT molecular complexity index is 504. The summed E-state index contributed by atoms with van der Waals surface area (Å²) in [6.45, 7) is 2.64. The Balaban J connectivity index is 2.13. The smallest absolute Gasteiger partial charge is 0.182 e. The molecule has 0 amide bonds. The van der Waals surface area contributed by atoms with Gasteiger partial charge in [0, 0.05) is 6.42 Å². The maximum absolute atomic E-state index is 12.0. The van der Waals surface area contributed by atoms with Crippen LogP contribution in [0, 0.1) is 6.92 Å². The first kappa shape index (κ1) is 12.2. The molecule has 17 heavy (non-hydrogen) atoms. The zero-order valence-electron chi connectivity index (χ0n) is 9.85. The quantitative estimate of drug-likeness (QED) is 0.830. The molecular formula is C13H16O3S. The molecule has 1 aromatic carbocycles. The molecule has 0 atom stereocenters. The molecule has 1 fully saturated rings. The highest BCUT2D eigenvalue weighted by atomic mass is 32.2. The van der Waals surface area contributed by atoms with Gasteiger partial charge >= 0.3 is 0 Å². The predicted molar refractivity (Wildman–Crippen MR) is 66.5 cm³/mol. The van der Waals surface area contributed by atoms with E-state index in [0.29, 0.717) is 11.5 Å². The summed E-state index contributed by atoms with van der Waals surface area (Å²) in [6, 6.07) is 6.93. The van der Waals surface area contributed by atoms with Gasteiger partial charge in [0.05, 0.1) is 23.0 Å². The molecule has 1 aliphatic heterocycles. The summed E-state index contributed by atoms with van der Waals surface area (Å²) in [7, 11) is -3.22. The van der Waals surface area contributed by atoms with Gasteiger partial charge in [0.2, 0.25) is 0 Å². The van der Waals surface area contributed by atoms with Gasteiger partial charge in [0.15, 0.2) is 9.84 Å². The van der Waals surface area contributed by atoms with Gasteiger partial charge < -0.3 is 4.74 Å². The van der Waals surface area contributed by atoms with Crippen molar-refractivity contribution in [1.82, 2.24) is 0 Å². The van der Waals surface area contributed by atoms with Crippen molar-refractivity contribution in [1.29, 1.82) is 0 Å². The van der Waals surface area contributed by atoms with E-state index in [1.807, 2.05) is 19.1 Å². The van der Waals surface area contributed by atoms with Crippen LogP contribution in [0.1, 0.15) is 18.4 Å². The van der Waals surface area contributed by atoms with Crippen LogP contribution >= 0.6 is 0 Å². The maximum atomic E-state index is 12.0. The summed E-state index contributed by atoms with van der Waals surface area (Å²) >= 11 is 0. The molecular weight excluding hydrogens is 236 g/mol. The van der Waals surface area contributed by atoms with Crippen LogP contribution in [0.4, 0.5) is 0 Å². The summed E-state index contributed by atoms with van der Waals surface area (Å²) in [5.41, 5.74) is 1.06. The molecule has 0 bridgehead atoms. The van der Waals surface area contributed by atoms with Crippen LogP contribution in [0.2, 0.25) is 0 Å². The fourth-order valence-corrected chi connectivity index (χ4v) is 2.88. The number of aryl methyl sites for hydroxylation is 1. The molecule has 0 aromatic heterocycles. The number of hydrogen-bond acceptors (Lipinski definition) is 3. The maximum Gasteiger partial charge on any atom is 0.182 e. The average Bonchev–Trinajstić information content (AvgIpc) is 2.80. The first-order valence-electron chi connectivity index (χ1n) is 5.69. The number of benzene rings is 1. The lowest BCUT2D eigenvalue weighted by atomic mass is 10.2. The molecule has 4 heteroatoms. The second-order valence-electron chi connectivity index (χ2n) is 4.22. The van der Waals surface area contributed by atoms with Crippen molar-refractivity contribution in [2.24, 2.45) is 0 Å². The predicted octanol–water partition coefficient (Wildman–Crippen LogP) is 2.46. The third-order valence-electron chi connectivity index (χ3n) is 2.77. The molecule has 3 nitrogen and oxygen atoms in total. The highest BCUT2D eigenvalue weighted by Gasteiger charge is 2.14. The van der Waals surface area contributed by atoms with Crippen molar-refractivity contribution in [3.8, 4) is 0 Å². The molecule has 0 aliphatic carbocycles. The second-order valence-corrected chi connectivity index (χ2v) is 6.25. The van der Waals surface area contributed by atoms with E-state index in [0.717, 1.165) is 24.2 Å². The summed E-state index contributed by atoms with van der Waals surface area (Å²) in [5, 5.41) is 0. The molecule has 0 unspecified atom stereocenters. The fourth-order valence-electron chi connectivity index (χ4n) is 1.73. The number of sulfone groups is 1. The molecule has 1 heterocycles. The fraction of sp³-hybridized carbons (Fsp3) is 0.385. The van der Waals surface area contributed by atoms with Gasteiger partial charge in [-0.25, -0.2) is 8.42 Å². The van der Waals surface area contributed by atoms with E-state index < -0.39 is 9.84 Å². The lowest BCUT2D eigenvalue weighted by Gasteiger charge is -2.03. The van der Waals surface area contributed by atoms with Crippen LogP contribution in [0.3, 0.4) is 0 Å². The molecule has 0 saturated carbocycles. The summed E-state index contributed by atoms with van der Waals surface area (Å²) in [5.74, 6) is 0.825. The molecule has 1 saturated heterocycles. The number of hydrogen-bond donors (Lipinski definition) is 0. The van der Waals surface area contributed by atoms with E-state index in [4.69, 9.17) is 4.74 Å². The van der Waals surface area contributed by atoms with E-state index in [1.165, 1.54) is 0 Å². The molecule has 0 N–H and O–H groups in total. The van der Waals surface area contributed by atoms with Gasteiger partial charge in [-0.2, -0.15) is 0 Å². The Morgan fingerprint density at radius 1 is 1.29 bits per heavy atom. The van der Waals surface area contributed by atoms with Gasteiger partial charge in [-0.1, -0.05) is 17.7 Å². The van der Waals surface area contributed by atoms with Crippen LogP contribution in [0.15, 0.2) is 41.0 Å². The highest BCUT2D eigenvalue weighted by molar-refractivity contribution is 7.91. The van der Waals surface area contributed by atoms with Crippen LogP contribution < -0.4 is 0 Å². The first-order chi connectivity index (χ1) is 8.08. The Morgan fingerprint density at radius 3 is 2.59 bits per heavy atom. The third kappa shape index (κ3) is 3.09. The van der Waals surface area contributed by atoms with Crippen molar-refractivity contribution < 1.29 is 13.2 Å². The Labute approximate surface area is 102 Å². The van der Waals surface area contributed by atoms with Gasteiger partial charge in [-0.05, 0) is 31.6 Å². The van der Waals surface area contributed by atoms with Gasteiger partial charge in [0.1, 0.15) is 0 Å². The van der Waals surface area contributed by atoms with E-state index in [-0.39, 0.29) is 5.75 Å². The van der Waals surface area contributed by atoms with E-state index in [1.54, 1.807) is 18.2 Å². The largest absolute Gasteiger partial charge is 0.498 e. The van der Waals surface area contributed by atoms with Crippen molar-refractivity contribution in [3.63, 3.8) is 0 Å². The summed E-state index contributed by atoms with van der Waals surface area (Å²) in [4.78, 5) is 0.373. The number of allylic oxidation sites excluding steroid dienone is 1. The minimum Gasteiger partial charge on any atom is -0.498 e. The molecule has 92 valence electrons. The summed E-state index contributed by atoms with van der Waals surface area (Å²) in [6.07, 6.45) is 3.52. The van der Waals surface area contributed by atoms with Crippen molar-refractivity contribution in [2.45, 2.75) is 24.7 Å². The highest BCUT2D eigenvalue weighted by Crippen LogP contribution is 2.18. The van der Waals surface area contributed by atoms with Crippen molar-refractivity contribution in [3.05, 3.63) is 41.7 Å². The molecule has 1 aromatic rings. The molecule has 1 aliphatic rings. The zero-order valence-corrected chi connectivity index (χ0v) is 10.7. The lowest BCUT2D eigenvalue weighted by Crippen LogP contribution is -2.05. The van der Waals surface area contributed by atoms with Crippen LogP contribution in [-0.2, 0) is 14.6 Å². The second kappa shape index (κ2) is 4.92. The zero-order chi connectivity index (χ0) is 12.3. The Hall–Kier alpha value is -1.29. The molecule has 0 radical (unpaired) electrons. The Morgan fingerprint density at radius 2 is 2.00 bits per heavy atom. The number of ether oxygens (including phenoxy) is 1. The van der Waals surface area contributed by atoms with Crippen LogP contribution in [0.25, 0.3) is 0 Å².